The minimum atomic E-state index is -0.999. The number of nitro benzene ring substituents is 1. The summed E-state index contributed by atoms with van der Waals surface area (Å²) in [6.07, 6.45) is 1.49. The average Bonchev–Trinajstić information content (AvgIpc) is 2.77. The Hall–Kier alpha value is -4.20. The van der Waals surface area contributed by atoms with Crippen molar-refractivity contribution in [3.05, 3.63) is 93.0 Å². The second-order valence-corrected chi connectivity index (χ2v) is 6.68. The van der Waals surface area contributed by atoms with E-state index >= 15 is 0 Å². The van der Waals surface area contributed by atoms with E-state index in [4.69, 9.17) is 14.6 Å². The molecule has 0 spiro atoms. The van der Waals surface area contributed by atoms with Gasteiger partial charge in [0.15, 0.2) is 11.5 Å². The van der Waals surface area contributed by atoms with Gasteiger partial charge < -0.3 is 14.6 Å². The largest absolute Gasteiger partial charge is 0.493 e. The molecule has 8 heteroatoms. The molecule has 0 atom stereocenters. The van der Waals surface area contributed by atoms with E-state index in [1.54, 1.807) is 49.4 Å². The number of ether oxygens (including phenoxy) is 2. The number of benzene rings is 3. The van der Waals surface area contributed by atoms with E-state index in [9.17, 15) is 14.9 Å². The fourth-order valence-electron chi connectivity index (χ4n) is 2.88. The first kappa shape index (κ1) is 21.5. The zero-order valence-electron chi connectivity index (χ0n) is 16.9. The van der Waals surface area contributed by atoms with Crippen LogP contribution in [0, 0.1) is 17.0 Å². The fraction of sp³-hybridized carbons (Fsp3) is 0.130. The third-order valence-corrected chi connectivity index (χ3v) is 4.48. The maximum atomic E-state index is 11.3. The van der Waals surface area contributed by atoms with Gasteiger partial charge in [-0.2, -0.15) is 0 Å². The molecule has 0 saturated heterocycles. The first-order valence-corrected chi connectivity index (χ1v) is 9.30. The van der Waals surface area contributed by atoms with Gasteiger partial charge in [0.1, 0.15) is 12.3 Å². The maximum Gasteiger partial charge on any atom is 0.335 e. The van der Waals surface area contributed by atoms with Gasteiger partial charge in [-0.3, -0.25) is 10.1 Å². The number of carbonyl (C=O) groups is 1. The minimum Gasteiger partial charge on any atom is -0.493 e. The molecular formula is C23H20N2O6. The molecule has 0 aliphatic carbocycles. The molecule has 0 fully saturated rings. The molecule has 31 heavy (non-hydrogen) atoms. The van der Waals surface area contributed by atoms with Crippen LogP contribution in [0.25, 0.3) is 0 Å². The van der Waals surface area contributed by atoms with E-state index in [2.05, 4.69) is 4.99 Å². The molecule has 0 aromatic heterocycles. The molecule has 0 unspecified atom stereocenters. The molecule has 0 radical (unpaired) electrons. The van der Waals surface area contributed by atoms with Crippen molar-refractivity contribution in [3.8, 4) is 11.5 Å². The van der Waals surface area contributed by atoms with Crippen LogP contribution in [0.4, 0.5) is 11.4 Å². The Bertz CT molecular complexity index is 1140. The van der Waals surface area contributed by atoms with Crippen molar-refractivity contribution in [2.75, 3.05) is 7.11 Å². The van der Waals surface area contributed by atoms with Crippen LogP contribution in [-0.4, -0.2) is 29.3 Å². The number of carboxylic acids is 1. The number of rotatable bonds is 8. The quantitative estimate of drug-likeness (QED) is 0.314. The first-order chi connectivity index (χ1) is 14.9. The average molecular weight is 420 g/mol. The summed E-state index contributed by atoms with van der Waals surface area (Å²) in [6, 6.07) is 16.4. The molecule has 0 saturated carbocycles. The van der Waals surface area contributed by atoms with Gasteiger partial charge in [-0.1, -0.05) is 24.3 Å². The molecule has 8 nitrogen and oxygen atoms in total. The van der Waals surface area contributed by atoms with Gasteiger partial charge in [-0.15, -0.1) is 0 Å². The highest BCUT2D eigenvalue weighted by molar-refractivity contribution is 5.88. The topological polar surface area (TPSA) is 111 Å². The summed E-state index contributed by atoms with van der Waals surface area (Å²) >= 11 is 0. The Morgan fingerprint density at radius 1 is 1.16 bits per heavy atom. The lowest BCUT2D eigenvalue weighted by molar-refractivity contribution is -0.384. The zero-order valence-corrected chi connectivity index (χ0v) is 16.9. The van der Waals surface area contributed by atoms with E-state index in [0.29, 0.717) is 17.1 Å². The molecular weight excluding hydrogens is 400 g/mol. The first-order valence-electron chi connectivity index (χ1n) is 9.30. The highest BCUT2D eigenvalue weighted by atomic mass is 16.6. The number of methoxy groups -OCH3 is 1. The van der Waals surface area contributed by atoms with E-state index in [1.807, 2.05) is 0 Å². The predicted octanol–water partition coefficient (Wildman–Crippen LogP) is 4.94. The van der Waals surface area contributed by atoms with Crippen LogP contribution in [0.15, 0.2) is 65.7 Å². The molecule has 0 amide bonds. The second kappa shape index (κ2) is 9.53. The Morgan fingerprint density at radius 3 is 2.55 bits per heavy atom. The van der Waals surface area contributed by atoms with Gasteiger partial charge in [-0.25, -0.2) is 9.79 Å². The Kier molecular flexibility index (Phi) is 6.61. The SMILES string of the molecule is COc1cccc(C=Nc2ccc(C)cc2[N+](=O)[O-])c1OCc1ccc(C(=O)O)cc1. The number of hydrogen-bond acceptors (Lipinski definition) is 6. The lowest BCUT2D eigenvalue weighted by Gasteiger charge is -2.13. The molecule has 0 aliphatic heterocycles. The van der Waals surface area contributed by atoms with Crippen LogP contribution in [0.1, 0.15) is 27.0 Å². The van der Waals surface area contributed by atoms with Crippen LogP contribution in [0.3, 0.4) is 0 Å². The molecule has 1 N–H and O–H groups in total. The normalized spacial score (nSPS) is 10.8. The molecule has 0 bridgehead atoms. The second-order valence-electron chi connectivity index (χ2n) is 6.68. The van der Waals surface area contributed by atoms with Gasteiger partial charge >= 0.3 is 5.97 Å². The minimum absolute atomic E-state index is 0.0832. The van der Waals surface area contributed by atoms with Gasteiger partial charge in [-0.05, 0) is 48.4 Å². The van der Waals surface area contributed by atoms with E-state index in [0.717, 1.165) is 11.1 Å². The standard InChI is InChI=1S/C23H20N2O6/c1-15-6-11-19(20(12-15)25(28)29)24-13-18-4-3-5-21(30-2)22(18)31-14-16-7-9-17(10-8-16)23(26)27/h3-13H,14H2,1-2H3,(H,26,27). The van der Waals surface area contributed by atoms with Crippen LogP contribution in [-0.2, 0) is 6.61 Å². The molecule has 0 heterocycles. The van der Waals surface area contributed by atoms with Gasteiger partial charge in [0.25, 0.3) is 5.69 Å². The third-order valence-electron chi connectivity index (χ3n) is 4.48. The summed E-state index contributed by atoms with van der Waals surface area (Å²) in [6.45, 7) is 1.95. The lowest BCUT2D eigenvalue weighted by Crippen LogP contribution is -2.02. The predicted molar refractivity (Wildman–Crippen MR) is 116 cm³/mol. The number of aryl methyl sites for hydroxylation is 1. The van der Waals surface area contributed by atoms with Gasteiger partial charge in [0, 0.05) is 17.8 Å². The van der Waals surface area contributed by atoms with Crippen LogP contribution < -0.4 is 9.47 Å². The van der Waals surface area contributed by atoms with Crippen molar-refractivity contribution in [2.24, 2.45) is 4.99 Å². The number of nitro groups is 1. The van der Waals surface area contributed by atoms with Gasteiger partial charge in [0.05, 0.1) is 17.6 Å². The Morgan fingerprint density at radius 2 is 1.90 bits per heavy atom. The smallest absolute Gasteiger partial charge is 0.335 e. The molecule has 3 aromatic rings. The van der Waals surface area contributed by atoms with Crippen LogP contribution in [0.5, 0.6) is 11.5 Å². The summed E-state index contributed by atoms with van der Waals surface area (Å²) < 4.78 is 11.3. The molecule has 3 rings (SSSR count). The highest BCUT2D eigenvalue weighted by Gasteiger charge is 2.14. The fourth-order valence-corrected chi connectivity index (χ4v) is 2.88. The van der Waals surface area contributed by atoms with E-state index in [-0.39, 0.29) is 23.5 Å². The number of nitrogens with zero attached hydrogens (tertiary/aromatic N) is 2. The van der Waals surface area contributed by atoms with Crippen molar-refractivity contribution >= 4 is 23.6 Å². The molecule has 0 aliphatic rings. The van der Waals surface area contributed by atoms with Crippen molar-refractivity contribution in [2.45, 2.75) is 13.5 Å². The summed E-state index contributed by atoms with van der Waals surface area (Å²) in [5.41, 5.74) is 2.46. The number of para-hydroxylation sites is 1. The van der Waals surface area contributed by atoms with Crippen LogP contribution >= 0.6 is 0 Å². The van der Waals surface area contributed by atoms with Crippen molar-refractivity contribution < 1.29 is 24.3 Å². The number of aliphatic imine (C=N–C) groups is 1. The lowest BCUT2D eigenvalue weighted by atomic mass is 10.1. The summed E-state index contributed by atoms with van der Waals surface area (Å²) in [4.78, 5) is 26.1. The summed E-state index contributed by atoms with van der Waals surface area (Å²) in [7, 11) is 1.51. The van der Waals surface area contributed by atoms with E-state index < -0.39 is 10.9 Å². The Balaban J connectivity index is 1.88. The van der Waals surface area contributed by atoms with Crippen LogP contribution in [0.2, 0.25) is 0 Å². The van der Waals surface area contributed by atoms with Crippen molar-refractivity contribution in [3.63, 3.8) is 0 Å². The Labute approximate surface area is 178 Å². The number of carboxylic acid groups (broad SMARTS) is 1. The maximum absolute atomic E-state index is 11.3. The molecule has 3 aromatic carbocycles. The van der Waals surface area contributed by atoms with E-state index in [1.165, 1.54) is 31.5 Å². The monoisotopic (exact) mass is 420 g/mol. The summed E-state index contributed by atoms with van der Waals surface area (Å²) in [5.74, 6) is -0.101. The number of hydrogen-bond donors (Lipinski definition) is 1. The summed E-state index contributed by atoms with van der Waals surface area (Å²) in [5, 5.41) is 20.3. The third kappa shape index (κ3) is 5.24. The highest BCUT2D eigenvalue weighted by Crippen LogP contribution is 2.33. The van der Waals surface area contributed by atoms with Crippen molar-refractivity contribution in [1.82, 2.24) is 0 Å². The van der Waals surface area contributed by atoms with Gasteiger partial charge in [0.2, 0.25) is 0 Å². The van der Waals surface area contributed by atoms with Crippen molar-refractivity contribution in [1.29, 1.82) is 0 Å². The molecule has 158 valence electrons. The zero-order chi connectivity index (χ0) is 22.4. The number of aromatic carboxylic acids is 1.